The molecule has 2 fully saturated rings. The minimum absolute atomic E-state index is 0.0212. The van der Waals surface area contributed by atoms with Crippen LogP contribution in [-0.4, -0.2) is 19.2 Å². The zero-order valence-corrected chi connectivity index (χ0v) is 9.41. The van der Waals surface area contributed by atoms with Crippen molar-refractivity contribution >= 4 is 13.1 Å². The average molecular weight is 210 g/mol. The molecule has 1 heterocycles. The lowest BCUT2D eigenvalue weighted by Crippen LogP contribution is -2.47. The van der Waals surface area contributed by atoms with Gasteiger partial charge in [-0.25, -0.2) is 0 Å². The van der Waals surface area contributed by atoms with Gasteiger partial charge in [0.15, 0.2) is 0 Å². The summed E-state index contributed by atoms with van der Waals surface area (Å²) in [5.41, 5.74) is 0. The summed E-state index contributed by atoms with van der Waals surface area (Å²) in [6.45, 7) is 2.13. The highest BCUT2D eigenvalue weighted by Crippen LogP contribution is 2.32. The van der Waals surface area contributed by atoms with Gasteiger partial charge in [0.05, 0.1) is 12.0 Å². The van der Waals surface area contributed by atoms with E-state index in [9.17, 15) is 4.79 Å². The first-order valence-corrected chi connectivity index (χ1v) is 6.17. The van der Waals surface area contributed by atoms with Crippen LogP contribution in [0.3, 0.4) is 0 Å². The summed E-state index contributed by atoms with van der Waals surface area (Å²) in [6.07, 6.45) is 7.48. The molecule has 0 aromatic carbocycles. The fourth-order valence-corrected chi connectivity index (χ4v) is 2.47. The number of hydrogen-bond donors (Lipinski definition) is 0. The van der Waals surface area contributed by atoms with Crippen LogP contribution in [0.25, 0.3) is 0 Å². The molecular formula is C11H19BO3. The first-order valence-electron chi connectivity index (χ1n) is 6.17. The van der Waals surface area contributed by atoms with Crippen molar-refractivity contribution in [1.29, 1.82) is 0 Å². The van der Waals surface area contributed by atoms with E-state index < -0.39 is 0 Å². The number of rotatable bonds is 3. The third-order valence-electron chi connectivity index (χ3n) is 3.37. The Hall–Kier alpha value is -0.505. The van der Waals surface area contributed by atoms with E-state index in [0.717, 1.165) is 38.4 Å². The molecule has 4 heteroatoms. The molecule has 2 atom stereocenters. The third-order valence-corrected chi connectivity index (χ3v) is 3.37. The largest absolute Gasteiger partial charge is 0.527 e. The minimum atomic E-state index is -0.267. The molecule has 84 valence electrons. The summed E-state index contributed by atoms with van der Waals surface area (Å²) in [5.74, 6) is 0.00341. The number of carbonyl (C=O) groups is 1. The Morgan fingerprint density at radius 1 is 1.40 bits per heavy atom. The first-order chi connectivity index (χ1) is 7.31. The average Bonchev–Trinajstić information content (AvgIpc) is 2.26. The Bertz CT molecular complexity index is 232. The molecule has 1 aliphatic carbocycles. The Balaban J connectivity index is 1.90. The molecule has 2 aliphatic rings. The van der Waals surface area contributed by atoms with Gasteiger partial charge in [-0.3, -0.25) is 4.79 Å². The molecule has 0 bridgehead atoms. The molecule has 0 spiro atoms. The molecule has 0 N–H and O–H groups in total. The molecule has 0 aromatic heterocycles. The topological polar surface area (TPSA) is 35.5 Å². The minimum Gasteiger partial charge on any atom is -0.509 e. The Kier molecular flexibility index (Phi) is 3.68. The van der Waals surface area contributed by atoms with E-state index in [2.05, 4.69) is 6.92 Å². The Morgan fingerprint density at radius 2 is 2.20 bits per heavy atom. The van der Waals surface area contributed by atoms with Gasteiger partial charge in [-0.1, -0.05) is 32.6 Å². The van der Waals surface area contributed by atoms with E-state index in [-0.39, 0.29) is 25.1 Å². The van der Waals surface area contributed by atoms with Crippen molar-refractivity contribution in [3.05, 3.63) is 0 Å². The van der Waals surface area contributed by atoms with Gasteiger partial charge >= 0.3 is 7.12 Å². The Labute approximate surface area is 91.7 Å². The second kappa shape index (κ2) is 5.02. The molecule has 3 nitrogen and oxygen atoms in total. The van der Waals surface area contributed by atoms with E-state index >= 15 is 0 Å². The molecule has 0 amide bonds. The van der Waals surface area contributed by atoms with Gasteiger partial charge in [0.25, 0.3) is 5.97 Å². The van der Waals surface area contributed by atoms with Crippen LogP contribution in [0.2, 0.25) is 6.32 Å². The normalized spacial score (nSPS) is 31.0. The predicted octanol–water partition coefficient (Wildman–Crippen LogP) is 2.41. The van der Waals surface area contributed by atoms with Crippen LogP contribution in [0.15, 0.2) is 0 Å². The molecule has 1 saturated carbocycles. The van der Waals surface area contributed by atoms with Gasteiger partial charge in [0, 0.05) is 0 Å². The molecule has 15 heavy (non-hydrogen) atoms. The standard InChI is InChI=1S/C11H19BO3/c1-2-3-8-12-14-10-7-5-4-6-9(10)11(13)15-12/h9-10H,2-8H2,1H3. The van der Waals surface area contributed by atoms with Crippen LogP contribution in [0.5, 0.6) is 0 Å². The predicted molar refractivity (Wildman–Crippen MR) is 58.4 cm³/mol. The molecule has 1 aliphatic heterocycles. The van der Waals surface area contributed by atoms with Crippen LogP contribution in [-0.2, 0) is 14.1 Å². The molecule has 1 saturated heterocycles. The van der Waals surface area contributed by atoms with Crippen molar-refractivity contribution in [2.75, 3.05) is 0 Å². The fraction of sp³-hybridized carbons (Fsp3) is 0.909. The van der Waals surface area contributed by atoms with E-state index in [1.165, 1.54) is 6.42 Å². The summed E-state index contributed by atoms with van der Waals surface area (Å²) in [7, 11) is -0.267. The summed E-state index contributed by atoms with van der Waals surface area (Å²) >= 11 is 0. The van der Waals surface area contributed by atoms with Crippen LogP contribution in [0.4, 0.5) is 0 Å². The van der Waals surface area contributed by atoms with Gasteiger partial charge in [-0.2, -0.15) is 0 Å². The summed E-state index contributed by atoms with van der Waals surface area (Å²) in [4.78, 5) is 11.7. The summed E-state index contributed by atoms with van der Waals surface area (Å²) < 4.78 is 11.1. The zero-order valence-electron chi connectivity index (χ0n) is 9.41. The zero-order chi connectivity index (χ0) is 10.7. The van der Waals surface area contributed by atoms with Crippen molar-refractivity contribution < 1.29 is 14.1 Å². The second-order valence-corrected chi connectivity index (χ2v) is 4.57. The smallest absolute Gasteiger partial charge is 0.509 e. The maximum absolute atomic E-state index is 11.7. The molecule has 0 aromatic rings. The SMILES string of the molecule is CCCCB1OC(=O)C2CCCCC2O1. The highest BCUT2D eigenvalue weighted by atomic mass is 16.6. The van der Waals surface area contributed by atoms with Gasteiger partial charge in [0.2, 0.25) is 0 Å². The van der Waals surface area contributed by atoms with Crippen LogP contribution < -0.4 is 0 Å². The quantitative estimate of drug-likeness (QED) is 0.671. The molecular weight excluding hydrogens is 191 g/mol. The van der Waals surface area contributed by atoms with Crippen LogP contribution >= 0.6 is 0 Å². The van der Waals surface area contributed by atoms with Crippen molar-refractivity contribution in [1.82, 2.24) is 0 Å². The van der Waals surface area contributed by atoms with E-state index in [0.29, 0.717) is 0 Å². The van der Waals surface area contributed by atoms with Crippen LogP contribution in [0.1, 0.15) is 45.4 Å². The van der Waals surface area contributed by atoms with Gasteiger partial charge in [-0.15, -0.1) is 0 Å². The highest BCUT2D eigenvalue weighted by molar-refractivity contribution is 6.47. The molecule has 2 unspecified atom stereocenters. The molecule has 0 radical (unpaired) electrons. The van der Waals surface area contributed by atoms with E-state index in [4.69, 9.17) is 9.31 Å². The number of unbranched alkanes of at least 4 members (excludes halogenated alkanes) is 1. The van der Waals surface area contributed by atoms with Crippen LogP contribution in [0, 0.1) is 5.92 Å². The number of carbonyl (C=O) groups excluding carboxylic acids is 1. The van der Waals surface area contributed by atoms with Gasteiger partial charge in [0.1, 0.15) is 0 Å². The highest BCUT2D eigenvalue weighted by Gasteiger charge is 2.42. The van der Waals surface area contributed by atoms with Gasteiger partial charge in [-0.05, 0) is 19.2 Å². The van der Waals surface area contributed by atoms with Crippen molar-refractivity contribution in [2.24, 2.45) is 5.92 Å². The summed E-state index contributed by atoms with van der Waals surface area (Å²) in [5, 5.41) is 0. The lowest BCUT2D eigenvalue weighted by atomic mass is 9.76. The third kappa shape index (κ3) is 2.54. The number of hydrogen-bond acceptors (Lipinski definition) is 3. The second-order valence-electron chi connectivity index (χ2n) is 4.57. The fourth-order valence-electron chi connectivity index (χ4n) is 2.47. The van der Waals surface area contributed by atoms with Gasteiger partial charge < -0.3 is 9.31 Å². The molecule has 2 rings (SSSR count). The maximum atomic E-state index is 11.7. The lowest BCUT2D eigenvalue weighted by Gasteiger charge is -2.36. The monoisotopic (exact) mass is 210 g/mol. The van der Waals surface area contributed by atoms with Crippen molar-refractivity contribution in [2.45, 2.75) is 57.9 Å². The first kappa shape index (κ1) is 11.0. The lowest BCUT2D eigenvalue weighted by molar-refractivity contribution is -0.152. The number of fused-ring (bicyclic) bond motifs is 1. The van der Waals surface area contributed by atoms with E-state index in [1.54, 1.807) is 0 Å². The van der Waals surface area contributed by atoms with Crippen molar-refractivity contribution in [3.63, 3.8) is 0 Å². The maximum Gasteiger partial charge on any atom is 0.527 e. The summed E-state index contributed by atoms with van der Waals surface area (Å²) in [6, 6.07) is 0. The van der Waals surface area contributed by atoms with Crippen molar-refractivity contribution in [3.8, 4) is 0 Å². The Morgan fingerprint density at radius 3 is 3.00 bits per heavy atom. The van der Waals surface area contributed by atoms with E-state index in [1.807, 2.05) is 0 Å².